The summed E-state index contributed by atoms with van der Waals surface area (Å²) in [5.74, 6) is 0. The van der Waals surface area contributed by atoms with Crippen LogP contribution in [0.15, 0.2) is 16.6 Å². The number of nitrogens with zero attached hydrogens (tertiary/aromatic N) is 2. The third kappa shape index (κ3) is 2.18. The summed E-state index contributed by atoms with van der Waals surface area (Å²) >= 11 is 3.27. The number of methoxy groups -OCH3 is 1. The van der Waals surface area contributed by atoms with Crippen molar-refractivity contribution in [2.45, 2.75) is 19.3 Å². The molecule has 1 amide bonds. The van der Waals surface area contributed by atoms with Gasteiger partial charge in [0.05, 0.1) is 12.0 Å². The molecule has 0 aliphatic carbocycles. The topological polar surface area (TPSA) is 72.7 Å². The summed E-state index contributed by atoms with van der Waals surface area (Å²) in [7, 11) is 1.26. The Labute approximate surface area is 118 Å². The molecule has 2 rings (SSSR count). The van der Waals surface area contributed by atoms with E-state index in [0.717, 1.165) is 5.56 Å². The summed E-state index contributed by atoms with van der Waals surface area (Å²) in [5.41, 5.74) is 0.627. The zero-order valence-electron chi connectivity index (χ0n) is 10.8. The highest BCUT2D eigenvalue weighted by molar-refractivity contribution is 9.10. The van der Waals surface area contributed by atoms with E-state index in [1.807, 2.05) is 19.9 Å². The molecule has 0 saturated heterocycles. The SMILES string of the molecule is COC(=O)N1CC(C)(C)c2cc(Br)cc([N+](=O)[O-])c21. The van der Waals surface area contributed by atoms with E-state index in [4.69, 9.17) is 4.74 Å². The van der Waals surface area contributed by atoms with Crippen LogP contribution in [0.2, 0.25) is 0 Å². The quantitative estimate of drug-likeness (QED) is 0.586. The van der Waals surface area contributed by atoms with Crippen molar-refractivity contribution in [3.05, 3.63) is 32.3 Å². The van der Waals surface area contributed by atoms with E-state index < -0.39 is 11.0 Å². The van der Waals surface area contributed by atoms with Crippen LogP contribution in [-0.2, 0) is 10.2 Å². The molecule has 19 heavy (non-hydrogen) atoms. The molecule has 6 nitrogen and oxygen atoms in total. The van der Waals surface area contributed by atoms with Crippen molar-refractivity contribution in [1.29, 1.82) is 0 Å². The number of benzene rings is 1. The Hall–Kier alpha value is -1.63. The zero-order chi connectivity index (χ0) is 14.4. The smallest absolute Gasteiger partial charge is 0.414 e. The van der Waals surface area contributed by atoms with Crippen molar-refractivity contribution in [2.24, 2.45) is 0 Å². The molecule has 0 unspecified atom stereocenters. The molecular weight excluding hydrogens is 316 g/mol. The molecule has 0 radical (unpaired) electrons. The van der Waals surface area contributed by atoms with Gasteiger partial charge in [0, 0.05) is 22.5 Å². The number of carbonyl (C=O) groups excluding carboxylic acids is 1. The van der Waals surface area contributed by atoms with E-state index in [9.17, 15) is 14.9 Å². The number of anilines is 1. The Balaban J connectivity index is 2.71. The second-order valence-electron chi connectivity index (χ2n) is 5.02. The fourth-order valence-corrected chi connectivity index (χ4v) is 2.79. The zero-order valence-corrected chi connectivity index (χ0v) is 12.4. The number of ether oxygens (including phenoxy) is 1. The van der Waals surface area contributed by atoms with Gasteiger partial charge in [0.1, 0.15) is 5.69 Å². The number of fused-ring (bicyclic) bond motifs is 1. The van der Waals surface area contributed by atoms with E-state index in [0.29, 0.717) is 16.7 Å². The summed E-state index contributed by atoms with van der Waals surface area (Å²) < 4.78 is 5.32. The van der Waals surface area contributed by atoms with Crippen LogP contribution < -0.4 is 4.90 Å². The lowest BCUT2D eigenvalue weighted by molar-refractivity contribution is -0.384. The van der Waals surface area contributed by atoms with Gasteiger partial charge < -0.3 is 4.74 Å². The summed E-state index contributed by atoms with van der Waals surface area (Å²) in [6.45, 7) is 4.22. The lowest BCUT2D eigenvalue weighted by atomic mass is 9.87. The van der Waals surface area contributed by atoms with Gasteiger partial charge in [-0.3, -0.25) is 15.0 Å². The van der Waals surface area contributed by atoms with Crippen LogP contribution in [0, 0.1) is 10.1 Å². The minimum Gasteiger partial charge on any atom is -0.452 e. The number of hydrogen-bond donors (Lipinski definition) is 0. The van der Waals surface area contributed by atoms with E-state index in [2.05, 4.69) is 15.9 Å². The van der Waals surface area contributed by atoms with Gasteiger partial charge in [0.2, 0.25) is 0 Å². The molecule has 1 aromatic carbocycles. The van der Waals surface area contributed by atoms with Gasteiger partial charge in [-0.05, 0) is 11.6 Å². The van der Waals surface area contributed by atoms with E-state index in [1.165, 1.54) is 18.1 Å². The molecule has 0 atom stereocenters. The average molecular weight is 329 g/mol. The molecule has 1 heterocycles. The highest BCUT2D eigenvalue weighted by Gasteiger charge is 2.43. The first-order valence-electron chi connectivity index (χ1n) is 5.62. The summed E-state index contributed by atoms with van der Waals surface area (Å²) in [6.07, 6.45) is -0.586. The minimum atomic E-state index is -0.586. The van der Waals surface area contributed by atoms with Crippen molar-refractivity contribution in [1.82, 2.24) is 0 Å². The Bertz CT molecular complexity index is 571. The van der Waals surface area contributed by atoms with Gasteiger partial charge in [-0.25, -0.2) is 4.79 Å². The van der Waals surface area contributed by atoms with Crippen LogP contribution in [0.4, 0.5) is 16.2 Å². The van der Waals surface area contributed by atoms with E-state index >= 15 is 0 Å². The van der Waals surface area contributed by atoms with Crippen molar-refractivity contribution in [3.8, 4) is 0 Å². The Morgan fingerprint density at radius 3 is 2.68 bits per heavy atom. The second kappa shape index (κ2) is 4.48. The molecule has 1 aliphatic rings. The second-order valence-corrected chi connectivity index (χ2v) is 5.93. The van der Waals surface area contributed by atoms with Gasteiger partial charge in [-0.1, -0.05) is 29.8 Å². The van der Waals surface area contributed by atoms with E-state index in [-0.39, 0.29) is 11.1 Å². The van der Waals surface area contributed by atoms with Gasteiger partial charge in [0.15, 0.2) is 0 Å². The number of hydrogen-bond acceptors (Lipinski definition) is 4. The van der Waals surface area contributed by atoms with Crippen molar-refractivity contribution in [2.75, 3.05) is 18.6 Å². The molecule has 0 bridgehead atoms. The number of carbonyl (C=O) groups is 1. The maximum Gasteiger partial charge on any atom is 0.414 e. The summed E-state index contributed by atoms with van der Waals surface area (Å²) in [4.78, 5) is 23.8. The van der Waals surface area contributed by atoms with Crippen molar-refractivity contribution < 1.29 is 14.5 Å². The Morgan fingerprint density at radius 2 is 2.16 bits per heavy atom. The molecule has 1 aliphatic heterocycles. The number of nitro benzene ring substituents is 1. The van der Waals surface area contributed by atoms with Gasteiger partial charge in [-0.2, -0.15) is 0 Å². The lowest BCUT2D eigenvalue weighted by Crippen LogP contribution is -2.33. The fraction of sp³-hybridized carbons (Fsp3) is 0.417. The third-order valence-corrected chi connectivity index (χ3v) is 3.66. The number of halogens is 1. The Kier molecular flexibility index (Phi) is 3.25. The molecule has 0 aromatic heterocycles. The molecule has 0 saturated carbocycles. The molecule has 7 heteroatoms. The first kappa shape index (κ1) is 13.8. The predicted octanol–water partition coefficient (Wildman–Crippen LogP) is 3.22. The molecule has 1 aromatic rings. The predicted molar refractivity (Wildman–Crippen MR) is 73.6 cm³/mol. The lowest BCUT2D eigenvalue weighted by Gasteiger charge is -2.19. The maximum atomic E-state index is 11.8. The first-order valence-corrected chi connectivity index (χ1v) is 6.41. The fourth-order valence-electron chi connectivity index (χ4n) is 2.35. The normalized spacial score (nSPS) is 16.1. The minimum absolute atomic E-state index is 0.0969. The van der Waals surface area contributed by atoms with Gasteiger partial charge in [-0.15, -0.1) is 0 Å². The van der Waals surface area contributed by atoms with E-state index in [1.54, 1.807) is 0 Å². The summed E-state index contributed by atoms with van der Waals surface area (Å²) in [5, 5.41) is 11.2. The first-order chi connectivity index (χ1) is 8.77. The molecule has 0 spiro atoms. The molecule has 102 valence electrons. The highest BCUT2D eigenvalue weighted by Crippen LogP contribution is 2.47. The number of amides is 1. The Morgan fingerprint density at radius 1 is 1.53 bits per heavy atom. The number of rotatable bonds is 1. The van der Waals surface area contributed by atoms with Gasteiger partial charge >= 0.3 is 6.09 Å². The summed E-state index contributed by atoms with van der Waals surface area (Å²) in [6, 6.07) is 3.21. The maximum absolute atomic E-state index is 11.8. The molecular formula is C12H13BrN2O4. The van der Waals surface area contributed by atoms with Gasteiger partial charge in [0.25, 0.3) is 5.69 Å². The van der Waals surface area contributed by atoms with Crippen LogP contribution >= 0.6 is 15.9 Å². The average Bonchev–Trinajstić information content (AvgIpc) is 2.59. The van der Waals surface area contributed by atoms with Crippen molar-refractivity contribution >= 4 is 33.4 Å². The highest BCUT2D eigenvalue weighted by atomic mass is 79.9. The molecule has 0 fully saturated rings. The monoisotopic (exact) mass is 328 g/mol. The molecule has 0 N–H and O–H groups in total. The van der Waals surface area contributed by atoms with Crippen LogP contribution in [0.25, 0.3) is 0 Å². The van der Waals surface area contributed by atoms with Crippen LogP contribution in [0.1, 0.15) is 19.4 Å². The largest absolute Gasteiger partial charge is 0.452 e. The standard InChI is InChI=1S/C12H13BrN2O4/c1-12(2)6-14(11(16)19-3)10-8(12)4-7(13)5-9(10)15(17)18/h4-5H,6H2,1-3H3. The van der Waals surface area contributed by atoms with Crippen LogP contribution in [0.3, 0.4) is 0 Å². The third-order valence-electron chi connectivity index (χ3n) is 3.20. The van der Waals surface area contributed by atoms with Crippen molar-refractivity contribution in [3.63, 3.8) is 0 Å². The van der Waals surface area contributed by atoms with Crippen LogP contribution in [0.5, 0.6) is 0 Å². The van der Waals surface area contributed by atoms with Crippen LogP contribution in [-0.4, -0.2) is 24.7 Å². The number of nitro groups is 1.